The number of carbonyl (C=O) groups is 2. The summed E-state index contributed by atoms with van der Waals surface area (Å²) in [5, 5.41) is 17.8. The standard InChI is InChI=1S/C28H32N4O6/c1-17(2)13-24(30-26(33)16-37-27-19(4)7-6-8-20(27)5)28(34)31-29-15-22-11-12-25(38-22)23-14-21(32(35)36)10-9-18(23)3/h6-12,14-15,17,24H,13,16H2,1-5H3,(H,30,33)(H,31,34)/b29-15-/t24-/m1/s1. The zero-order chi connectivity index (χ0) is 27.8. The second-order valence-corrected chi connectivity index (χ2v) is 9.45. The van der Waals surface area contributed by atoms with Crippen LogP contribution in [0, 0.1) is 36.8 Å². The third-order valence-corrected chi connectivity index (χ3v) is 5.81. The highest BCUT2D eigenvalue weighted by molar-refractivity contribution is 5.89. The highest BCUT2D eigenvalue weighted by Gasteiger charge is 2.22. The molecular weight excluding hydrogens is 488 g/mol. The van der Waals surface area contributed by atoms with Crippen molar-refractivity contribution in [3.05, 3.63) is 81.1 Å². The van der Waals surface area contributed by atoms with Gasteiger partial charge in [-0.05, 0) is 61.9 Å². The summed E-state index contributed by atoms with van der Waals surface area (Å²) >= 11 is 0. The Kier molecular flexibility index (Phi) is 9.37. The van der Waals surface area contributed by atoms with E-state index < -0.39 is 22.8 Å². The van der Waals surface area contributed by atoms with Gasteiger partial charge in [0.2, 0.25) is 0 Å². The van der Waals surface area contributed by atoms with Crippen molar-refractivity contribution in [3.63, 3.8) is 0 Å². The molecular formula is C28H32N4O6. The smallest absolute Gasteiger partial charge is 0.270 e. The number of para-hydroxylation sites is 1. The maximum absolute atomic E-state index is 12.8. The van der Waals surface area contributed by atoms with E-state index in [1.165, 1.54) is 18.3 Å². The number of benzene rings is 2. The van der Waals surface area contributed by atoms with Crippen LogP contribution in [0.25, 0.3) is 11.3 Å². The monoisotopic (exact) mass is 520 g/mol. The maximum Gasteiger partial charge on any atom is 0.270 e. The highest BCUT2D eigenvalue weighted by Crippen LogP contribution is 2.29. The van der Waals surface area contributed by atoms with Crippen LogP contribution in [0.3, 0.4) is 0 Å². The molecule has 2 aromatic carbocycles. The number of rotatable bonds is 11. The first kappa shape index (κ1) is 28.1. The fraction of sp³-hybridized carbons (Fsp3) is 0.321. The molecule has 0 unspecified atom stereocenters. The second-order valence-electron chi connectivity index (χ2n) is 9.45. The second kappa shape index (κ2) is 12.7. The first-order chi connectivity index (χ1) is 18.0. The van der Waals surface area contributed by atoms with Gasteiger partial charge in [0.15, 0.2) is 6.61 Å². The molecule has 38 heavy (non-hydrogen) atoms. The number of hydrogen-bond donors (Lipinski definition) is 2. The van der Waals surface area contributed by atoms with Crippen LogP contribution in [0.15, 0.2) is 58.0 Å². The van der Waals surface area contributed by atoms with Crippen LogP contribution >= 0.6 is 0 Å². The average molecular weight is 521 g/mol. The lowest BCUT2D eigenvalue weighted by Gasteiger charge is -2.19. The van der Waals surface area contributed by atoms with Crippen molar-refractivity contribution in [2.45, 2.75) is 47.1 Å². The van der Waals surface area contributed by atoms with Crippen molar-refractivity contribution >= 4 is 23.7 Å². The van der Waals surface area contributed by atoms with E-state index in [0.29, 0.717) is 29.3 Å². The minimum Gasteiger partial charge on any atom is -0.483 e. The molecule has 0 aliphatic heterocycles. The van der Waals surface area contributed by atoms with Crippen LogP contribution in [0.1, 0.15) is 42.7 Å². The number of furan rings is 1. The molecule has 3 rings (SSSR count). The Labute approximate surface area is 221 Å². The van der Waals surface area contributed by atoms with Crippen molar-refractivity contribution in [1.82, 2.24) is 10.7 Å². The van der Waals surface area contributed by atoms with Gasteiger partial charge < -0.3 is 14.5 Å². The summed E-state index contributed by atoms with van der Waals surface area (Å²) in [5.74, 6) is 0.679. The molecule has 10 heteroatoms. The first-order valence-corrected chi connectivity index (χ1v) is 12.2. The summed E-state index contributed by atoms with van der Waals surface area (Å²) < 4.78 is 11.4. The van der Waals surface area contributed by atoms with Gasteiger partial charge in [0, 0.05) is 17.7 Å². The first-order valence-electron chi connectivity index (χ1n) is 12.2. The summed E-state index contributed by atoms with van der Waals surface area (Å²) in [5.41, 5.74) is 5.65. The van der Waals surface area contributed by atoms with Crippen molar-refractivity contribution in [3.8, 4) is 17.1 Å². The summed E-state index contributed by atoms with van der Waals surface area (Å²) in [6.07, 6.45) is 1.74. The molecule has 200 valence electrons. The lowest BCUT2D eigenvalue weighted by molar-refractivity contribution is -0.384. The molecule has 2 amide bonds. The summed E-state index contributed by atoms with van der Waals surface area (Å²) in [7, 11) is 0. The summed E-state index contributed by atoms with van der Waals surface area (Å²) in [4.78, 5) is 36.0. The Hall–Kier alpha value is -4.47. The van der Waals surface area contributed by atoms with Gasteiger partial charge in [0.1, 0.15) is 23.3 Å². The number of nitrogens with one attached hydrogen (secondary N) is 2. The van der Waals surface area contributed by atoms with Gasteiger partial charge in [-0.1, -0.05) is 38.1 Å². The van der Waals surface area contributed by atoms with Crippen LogP contribution in [0.2, 0.25) is 0 Å². The van der Waals surface area contributed by atoms with Gasteiger partial charge in [0.25, 0.3) is 17.5 Å². The van der Waals surface area contributed by atoms with Gasteiger partial charge in [-0.15, -0.1) is 0 Å². The fourth-order valence-corrected chi connectivity index (χ4v) is 3.90. The molecule has 0 fully saturated rings. The predicted molar refractivity (Wildman–Crippen MR) is 144 cm³/mol. The Balaban J connectivity index is 1.61. The van der Waals surface area contributed by atoms with Crippen molar-refractivity contribution in [1.29, 1.82) is 0 Å². The fourth-order valence-electron chi connectivity index (χ4n) is 3.90. The maximum atomic E-state index is 12.8. The normalized spacial score (nSPS) is 11.9. The van der Waals surface area contributed by atoms with Crippen LogP contribution in [0.5, 0.6) is 5.75 Å². The van der Waals surface area contributed by atoms with E-state index in [4.69, 9.17) is 9.15 Å². The van der Waals surface area contributed by atoms with Crippen LogP contribution < -0.4 is 15.5 Å². The minimum absolute atomic E-state index is 0.0397. The number of carbonyl (C=O) groups excluding carboxylic acids is 2. The van der Waals surface area contributed by atoms with E-state index in [-0.39, 0.29) is 18.2 Å². The molecule has 0 saturated carbocycles. The predicted octanol–water partition coefficient (Wildman–Crippen LogP) is 4.84. The van der Waals surface area contributed by atoms with Crippen LogP contribution in [-0.2, 0) is 9.59 Å². The van der Waals surface area contributed by atoms with Crippen molar-refractivity contribution < 1.29 is 23.7 Å². The molecule has 0 radical (unpaired) electrons. The molecule has 3 aromatic rings. The third-order valence-electron chi connectivity index (χ3n) is 5.81. The van der Waals surface area contributed by atoms with Crippen molar-refractivity contribution in [2.24, 2.45) is 11.0 Å². The topological polar surface area (TPSA) is 136 Å². The number of hydrazone groups is 1. The molecule has 0 aliphatic carbocycles. The number of hydrogen-bond acceptors (Lipinski definition) is 7. The molecule has 1 aromatic heterocycles. The molecule has 0 bridgehead atoms. The number of aryl methyl sites for hydroxylation is 3. The van der Waals surface area contributed by atoms with Crippen molar-refractivity contribution in [2.75, 3.05) is 6.61 Å². The van der Waals surface area contributed by atoms with E-state index in [9.17, 15) is 19.7 Å². The minimum atomic E-state index is -0.805. The molecule has 1 atom stereocenters. The molecule has 2 N–H and O–H groups in total. The number of nitro benzene ring substituents is 1. The Bertz CT molecular complexity index is 1320. The lowest BCUT2D eigenvalue weighted by atomic mass is 10.0. The average Bonchev–Trinajstić information content (AvgIpc) is 3.31. The van der Waals surface area contributed by atoms with E-state index in [2.05, 4.69) is 15.8 Å². The number of nitro groups is 1. The zero-order valence-corrected chi connectivity index (χ0v) is 22.1. The Morgan fingerprint density at radius 2 is 1.79 bits per heavy atom. The molecule has 0 saturated heterocycles. The molecule has 0 aliphatic rings. The Morgan fingerprint density at radius 1 is 1.08 bits per heavy atom. The van der Waals surface area contributed by atoms with Gasteiger partial charge in [-0.3, -0.25) is 19.7 Å². The lowest BCUT2D eigenvalue weighted by Crippen LogP contribution is -2.47. The summed E-state index contributed by atoms with van der Waals surface area (Å²) in [6.45, 7) is 9.31. The van der Waals surface area contributed by atoms with E-state index in [0.717, 1.165) is 16.7 Å². The van der Waals surface area contributed by atoms with Gasteiger partial charge in [0.05, 0.1) is 11.1 Å². The number of ether oxygens (including phenoxy) is 1. The van der Waals surface area contributed by atoms with Gasteiger partial charge in [-0.2, -0.15) is 5.10 Å². The van der Waals surface area contributed by atoms with E-state index in [1.807, 2.05) is 52.8 Å². The quantitative estimate of drug-likeness (QED) is 0.211. The number of non-ortho nitro benzene ring substituents is 1. The zero-order valence-electron chi connectivity index (χ0n) is 22.1. The molecule has 0 spiro atoms. The van der Waals surface area contributed by atoms with E-state index in [1.54, 1.807) is 18.2 Å². The SMILES string of the molecule is Cc1ccc([N+](=O)[O-])cc1-c1ccc(/C=N\NC(=O)[C@@H](CC(C)C)NC(=O)COc2c(C)cccc2C)o1. The van der Waals surface area contributed by atoms with E-state index >= 15 is 0 Å². The summed E-state index contributed by atoms with van der Waals surface area (Å²) in [6, 6.07) is 12.8. The van der Waals surface area contributed by atoms with Gasteiger partial charge in [-0.25, -0.2) is 5.43 Å². The molecule has 1 heterocycles. The van der Waals surface area contributed by atoms with Gasteiger partial charge >= 0.3 is 0 Å². The van der Waals surface area contributed by atoms with Crippen LogP contribution in [-0.4, -0.2) is 35.6 Å². The third kappa shape index (κ3) is 7.52. The highest BCUT2D eigenvalue weighted by atomic mass is 16.6. The largest absolute Gasteiger partial charge is 0.483 e. The number of nitrogens with zero attached hydrogens (tertiary/aromatic N) is 2. The number of amides is 2. The molecule has 10 nitrogen and oxygen atoms in total. The Morgan fingerprint density at radius 3 is 2.45 bits per heavy atom. The van der Waals surface area contributed by atoms with Crippen LogP contribution in [0.4, 0.5) is 5.69 Å².